The lowest BCUT2D eigenvalue weighted by molar-refractivity contribution is -0.110. The lowest BCUT2D eigenvalue weighted by Gasteiger charge is -2.56. The zero-order valence-electron chi connectivity index (χ0n) is 11.0. The Bertz CT molecular complexity index is 294. The first-order valence-corrected chi connectivity index (χ1v) is 6.43. The first kappa shape index (κ1) is 12.7. The highest BCUT2D eigenvalue weighted by Crippen LogP contribution is 2.58. The first-order valence-electron chi connectivity index (χ1n) is 6.43. The Labute approximate surface area is 103 Å². The number of rotatable bonds is 2. The molecule has 0 aliphatic heterocycles. The maximum atomic E-state index is 11.4. The van der Waals surface area contributed by atoms with E-state index < -0.39 is 5.60 Å². The van der Waals surface area contributed by atoms with Crippen molar-refractivity contribution in [3.8, 4) is 0 Å². The summed E-state index contributed by atoms with van der Waals surface area (Å²) in [5.74, 6) is 0.565. The fourth-order valence-electron chi connectivity index (χ4n) is 3.12. The number of hydrogen-bond donors (Lipinski definition) is 2. The molecule has 0 saturated heterocycles. The van der Waals surface area contributed by atoms with Crippen LogP contribution in [0.3, 0.4) is 0 Å². The highest BCUT2D eigenvalue weighted by molar-refractivity contribution is 5.67. The van der Waals surface area contributed by atoms with Gasteiger partial charge >= 0.3 is 6.09 Å². The van der Waals surface area contributed by atoms with Crippen molar-refractivity contribution in [2.24, 2.45) is 11.3 Å². The van der Waals surface area contributed by atoms with Crippen molar-refractivity contribution in [2.75, 3.05) is 6.54 Å². The molecule has 0 heterocycles. The van der Waals surface area contributed by atoms with Gasteiger partial charge in [-0.1, -0.05) is 0 Å². The van der Waals surface area contributed by atoms with Crippen LogP contribution in [0.15, 0.2) is 0 Å². The first-order chi connectivity index (χ1) is 7.78. The van der Waals surface area contributed by atoms with Crippen LogP contribution in [0.1, 0.15) is 46.5 Å². The summed E-state index contributed by atoms with van der Waals surface area (Å²) >= 11 is 0. The minimum atomic E-state index is -0.428. The van der Waals surface area contributed by atoms with E-state index in [1.165, 1.54) is 0 Å². The van der Waals surface area contributed by atoms with Crippen LogP contribution in [0.2, 0.25) is 0 Å². The second-order valence-electron chi connectivity index (χ2n) is 6.72. The highest BCUT2D eigenvalue weighted by Gasteiger charge is 2.52. The summed E-state index contributed by atoms with van der Waals surface area (Å²) in [4.78, 5) is 11.4. The molecule has 0 aromatic carbocycles. The zero-order valence-corrected chi connectivity index (χ0v) is 11.0. The van der Waals surface area contributed by atoms with Gasteiger partial charge in [0.2, 0.25) is 0 Å². The van der Waals surface area contributed by atoms with Crippen LogP contribution in [-0.4, -0.2) is 29.4 Å². The fourth-order valence-corrected chi connectivity index (χ4v) is 3.12. The summed E-state index contributed by atoms with van der Waals surface area (Å²) in [6.07, 6.45) is 3.79. The minimum absolute atomic E-state index is 0.0743. The number of alkyl carbamates (subject to hydrolysis) is 1. The summed E-state index contributed by atoms with van der Waals surface area (Å²) in [6, 6.07) is 0. The van der Waals surface area contributed by atoms with Crippen molar-refractivity contribution in [3.63, 3.8) is 0 Å². The number of hydrogen-bond acceptors (Lipinski definition) is 3. The van der Waals surface area contributed by atoms with E-state index in [1.54, 1.807) is 0 Å². The van der Waals surface area contributed by atoms with E-state index in [2.05, 4.69) is 5.32 Å². The normalized spacial score (nSPS) is 36.0. The van der Waals surface area contributed by atoms with Gasteiger partial charge in [-0.25, -0.2) is 4.79 Å². The molecule has 1 amide bonds. The van der Waals surface area contributed by atoms with Crippen LogP contribution in [-0.2, 0) is 4.74 Å². The molecule has 98 valence electrons. The van der Waals surface area contributed by atoms with E-state index in [9.17, 15) is 9.90 Å². The van der Waals surface area contributed by atoms with Gasteiger partial charge in [-0.15, -0.1) is 0 Å². The third-order valence-corrected chi connectivity index (χ3v) is 3.71. The average Bonchev–Trinajstić information content (AvgIpc) is 2.03. The molecule has 2 saturated carbocycles. The van der Waals surface area contributed by atoms with E-state index in [4.69, 9.17) is 4.74 Å². The second-order valence-corrected chi connectivity index (χ2v) is 6.72. The standard InChI is InChI=1S/C13H23NO3/c1-12(2,3)17-11(16)14-8-9-4-13(5-9)6-10(15)7-13/h9-10,15H,4-8H2,1-3H3,(H,14,16). The van der Waals surface area contributed by atoms with Crippen molar-refractivity contribution in [3.05, 3.63) is 0 Å². The second kappa shape index (κ2) is 4.16. The van der Waals surface area contributed by atoms with Crippen molar-refractivity contribution in [1.82, 2.24) is 5.32 Å². The summed E-state index contributed by atoms with van der Waals surface area (Å²) < 4.78 is 5.18. The minimum Gasteiger partial charge on any atom is -0.444 e. The van der Waals surface area contributed by atoms with Gasteiger partial charge in [-0.2, -0.15) is 0 Å². The molecule has 2 N–H and O–H groups in total. The van der Waals surface area contributed by atoms with Crippen molar-refractivity contribution in [2.45, 2.75) is 58.2 Å². The van der Waals surface area contributed by atoms with Crippen LogP contribution in [0.25, 0.3) is 0 Å². The van der Waals surface area contributed by atoms with Crippen LogP contribution >= 0.6 is 0 Å². The average molecular weight is 241 g/mol. The molecule has 1 spiro atoms. The summed E-state index contributed by atoms with van der Waals surface area (Å²) in [5, 5.41) is 12.1. The molecule has 0 unspecified atom stereocenters. The van der Waals surface area contributed by atoms with E-state index in [-0.39, 0.29) is 12.2 Å². The predicted octanol–water partition coefficient (Wildman–Crippen LogP) is 2.06. The Morgan fingerprint density at radius 3 is 2.41 bits per heavy atom. The molecule has 2 fully saturated rings. The van der Waals surface area contributed by atoms with Gasteiger partial charge in [0, 0.05) is 6.54 Å². The van der Waals surface area contributed by atoms with E-state index in [0.717, 1.165) is 25.7 Å². The van der Waals surface area contributed by atoms with Crippen molar-refractivity contribution >= 4 is 6.09 Å². The number of nitrogens with one attached hydrogen (secondary N) is 1. The van der Waals surface area contributed by atoms with Gasteiger partial charge in [0.1, 0.15) is 5.60 Å². The Hall–Kier alpha value is -0.770. The topological polar surface area (TPSA) is 58.6 Å². The number of amides is 1. The van der Waals surface area contributed by atoms with Gasteiger partial charge in [0.25, 0.3) is 0 Å². The predicted molar refractivity (Wildman–Crippen MR) is 64.6 cm³/mol. The van der Waals surface area contributed by atoms with Crippen LogP contribution < -0.4 is 5.32 Å². The smallest absolute Gasteiger partial charge is 0.407 e. The number of aliphatic hydroxyl groups is 1. The molecule has 4 heteroatoms. The summed E-state index contributed by atoms with van der Waals surface area (Å²) in [7, 11) is 0. The van der Waals surface area contributed by atoms with Crippen LogP contribution in [0.5, 0.6) is 0 Å². The van der Waals surface area contributed by atoms with Crippen LogP contribution in [0.4, 0.5) is 4.79 Å². The Kier molecular flexibility index (Phi) is 3.10. The third-order valence-electron chi connectivity index (χ3n) is 3.71. The molecule has 0 radical (unpaired) electrons. The molecule has 17 heavy (non-hydrogen) atoms. The largest absolute Gasteiger partial charge is 0.444 e. The fraction of sp³-hybridized carbons (Fsp3) is 0.923. The number of ether oxygens (including phenoxy) is 1. The SMILES string of the molecule is CC(C)(C)OC(=O)NCC1CC2(CC(O)C2)C1. The quantitative estimate of drug-likeness (QED) is 0.778. The molecular weight excluding hydrogens is 218 g/mol. The van der Waals surface area contributed by atoms with Gasteiger partial charge < -0.3 is 15.2 Å². The molecule has 2 aliphatic rings. The lowest BCUT2D eigenvalue weighted by atomic mass is 9.51. The maximum Gasteiger partial charge on any atom is 0.407 e. The molecule has 0 aromatic heterocycles. The number of aliphatic hydroxyl groups excluding tert-OH is 1. The Balaban J connectivity index is 1.60. The number of carbonyl (C=O) groups is 1. The maximum absolute atomic E-state index is 11.4. The monoisotopic (exact) mass is 241 g/mol. The van der Waals surface area contributed by atoms with Gasteiger partial charge in [0.05, 0.1) is 6.10 Å². The lowest BCUT2D eigenvalue weighted by Crippen LogP contribution is -2.52. The Morgan fingerprint density at radius 1 is 1.35 bits per heavy atom. The molecule has 2 aliphatic carbocycles. The summed E-state index contributed by atoms with van der Waals surface area (Å²) in [6.45, 7) is 6.29. The van der Waals surface area contributed by atoms with E-state index >= 15 is 0 Å². The Morgan fingerprint density at radius 2 is 1.94 bits per heavy atom. The molecule has 2 rings (SSSR count). The van der Waals surface area contributed by atoms with Gasteiger partial charge in [-0.3, -0.25) is 0 Å². The molecule has 0 aromatic rings. The van der Waals surface area contributed by atoms with E-state index in [0.29, 0.717) is 17.9 Å². The zero-order chi connectivity index (χ0) is 12.7. The third kappa shape index (κ3) is 3.12. The van der Waals surface area contributed by atoms with E-state index in [1.807, 2.05) is 20.8 Å². The molecular formula is C13H23NO3. The molecule has 0 bridgehead atoms. The highest BCUT2D eigenvalue weighted by atomic mass is 16.6. The van der Waals surface area contributed by atoms with Gasteiger partial charge in [-0.05, 0) is 57.8 Å². The summed E-state index contributed by atoms with van der Waals surface area (Å²) in [5.41, 5.74) is -0.0112. The number of carbonyl (C=O) groups excluding carboxylic acids is 1. The van der Waals surface area contributed by atoms with Crippen molar-refractivity contribution < 1.29 is 14.6 Å². The van der Waals surface area contributed by atoms with Gasteiger partial charge in [0.15, 0.2) is 0 Å². The molecule has 0 atom stereocenters. The van der Waals surface area contributed by atoms with Crippen LogP contribution in [0, 0.1) is 11.3 Å². The molecule has 4 nitrogen and oxygen atoms in total. The van der Waals surface area contributed by atoms with Crippen molar-refractivity contribution in [1.29, 1.82) is 0 Å².